The maximum atomic E-state index is 3.57. The Balaban J connectivity index is 2.17. The lowest BCUT2D eigenvalue weighted by atomic mass is 10.1. The van der Waals surface area contributed by atoms with E-state index in [9.17, 15) is 0 Å². The van der Waals surface area contributed by atoms with Gasteiger partial charge in [0.25, 0.3) is 0 Å². The van der Waals surface area contributed by atoms with Crippen LogP contribution in [0.1, 0.15) is 33.1 Å². The molecule has 1 fully saturated rings. The Hall–Kier alpha value is -0.120. The standard InChI is InChI=1S/C13H29N3/c1-5-12(2)14-8-10-16-9-6-7-13(11-16)15(3)4/h12-14H,5-11H2,1-4H3. The molecular formula is C13H29N3. The topological polar surface area (TPSA) is 18.5 Å². The van der Waals surface area contributed by atoms with Gasteiger partial charge in [-0.1, -0.05) is 6.92 Å². The summed E-state index contributed by atoms with van der Waals surface area (Å²) >= 11 is 0. The first-order chi connectivity index (χ1) is 7.63. The molecule has 1 N–H and O–H groups in total. The molecule has 1 aliphatic heterocycles. The molecule has 0 radical (unpaired) electrons. The van der Waals surface area contributed by atoms with Crippen LogP contribution < -0.4 is 5.32 Å². The predicted octanol–water partition coefficient (Wildman–Crippen LogP) is 1.40. The Bertz CT molecular complexity index is 182. The number of rotatable bonds is 6. The van der Waals surface area contributed by atoms with E-state index in [2.05, 4.69) is 43.1 Å². The molecule has 1 rings (SSSR count). The number of hydrogen-bond donors (Lipinski definition) is 1. The predicted molar refractivity (Wildman–Crippen MR) is 70.9 cm³/mol. The lowest BCUT2D eigenvalue weighted by Crippen LogP contribution is -2.47. The zero-order valence-electron chi connectivity index (χ0n) is 11.5. The Morgan fingerprint density at radius 2 is 2.19 bits per heavy atom. The number of hydrogen-bond acceptors (Lipinski definition) is 3. The van der Waals surface area contributed by atoms with Crippen LogP contribution in [0.25, 0.3) is 0 Å². The van der Waals surface area contributed by atoms with E-state index in [1.807, 2.05) is 0 Å². The summed E-state index contributed by atoms with van der Waals surface area (Å²) in [5.74, 6) is 0. The summed E-state index contributed by atoms with van der Waals surface area (Å²) in [4.78, 5) is 4.97. The summed E-state index contributed by atoms with van der Waals surface area (Å²) in [6, 6.07) is 1.42. The van der Waals surface area contributed by atoms with Gasteiger partial charge in [-0.05, 0) is 46.8 Å². The van der Waals surface area contributed by atoms with Crippen LogP contribution in [0.4, 0.5) is 0 Å². The maximum absolute atomic E-state index is 3.57. The minimum Gasteiger partial charge on any atom is -0.313 e. The molecule has 16 heavy (non-hydrogen) atoms. The highest BCUT2D eigenvalue weighted by molar-refractivity contribution is 4.78. The number of likely N-dealkylation sites (tertiary alicyclic amines) is 1. The van der Waals surface area contributed by atoms with Crippen LogP contribution in [-0.4, -0.2) is 62.2 Å². The molecule has 0 bridgehead atoms. The van der Waals surface area contributed by atoms with E-state index in [1.54, 1.807) is 0 Å². The molecule has 2 atom stereocenters. The van der Waals surface area contributed by atoms with Crippen molar-refractivity contribution in [2.45, 2.75) is 45.2 Å². The number of nitrogens with one attached hydrogen (secondary N) is 1. The van der Waals surface area contributed by atoms with Gasteiger partial charge < -0.3 is 15.1 Å². The van der Waals surface area contributed by atoms with Crippen molar-refractivity contribution >= 4 is 0 Å². The van der Waals surface area contributed by atoms with Crippen LogP contribution in [0.3, 0.4) is 0 Å². The van der Waals surface area contributed by atoms with Crippen molar-refractivity contribution in [2.24, 2.45) is 0 Å². The van der Waals surface area contributed by atoms with Crippen molar-refractivity contribution in [1.82, 2.24) is 15.1 Å². The summed E-state index contributed by atoms with van der Waals surface area (Å²) in [5, 5.41) is 3.57. The van der Waals surface area contributed by atoms with Crippen molar-refractivity contribution < 1.29 is 0 Å². The molecule has 1 heterocycles. The van der Waals surface area contributed by atoms with Gasteiger partial charge in [0, 0.05) is 31.7 Å². The second kappa shape index (κ2) is 7.25. The van der Waals surface area contributed by atoms with E-state index in [-0.39, 0.29) is 0 Å². The Kier molecular flexibility index (Phi) is 6.32. The van der Waals surface area contributed by atoms with Gasteiger partial charge in [-0.15, -0.1) is 0 Å². The molecule has 0 aromatic rings. The van der Waals surface area contributed by atoms with Crippen molar-refractivity contribution in [1.29, 1.82) is 0 Å². The molecule has 1 saturated heterocycles. The number of piperidine rings is 1. The quantitative estimate of drug-likeness (QED) is 0.740. The minimum absolute atomic E-state index is 0.662. The zero-order chi connectivity index (χ0) is 12.0. The van der Waals surface area contributed by atoms with Gasteiger partial charge in [-0.2, -0.15) is 0 Å². The highest BCUT2D eigenvalue weighted by Gasteiger charge is 2.20. The Morgan fingerprint density at radius 1 is 1.44 bits per heavy atom. The summed E-state index contributed by atoms with van der Waals surface area (Å²) in [7, 11) is 4.40. The molecule has 0 aromatic carbocycles. The molecule has 0 aliphatic carbocycles. The largest absolute Gasteiger partial charge is 0.313 e. The van der Waals surface area contributed by atoms with Crippen LogP contribution in [0.2, 0.25) is 0 Å². The third kappa shape index (κ3) is 4.81. The lowest BCUT2D eigenvalue weighted by molar-refractivity contribution is 0.133. The Labute approximate surface area is 101 Å². The fourth-order valence-corrected chi connectivity index (χ4v) is 2.27. The first-order valence-corrected chi connectivity index (χ1v) is 6.75. The molecule has 1 aliphatic rings. The molecule has 2 unspecified atom stereocenters. The first kappa shape index (κ1) is 13.9. The fraction of sp³-hybridized carbons (Fsp3) is 1.00. The van der Waals surface area contributed by atoms with Crippen LogP contribution in [0, 0.1) is 0 Å². The van der Waals surface area contributed by atoms with Gasteiger partial charge in [-0.25, -0.2) is 0 Å². The molecule has 0 spiro atoms. The monoisotopic (exact) mass is 227 g/mol. The summed E-state index contributed by atoms with van der Waals surface area (Å²) in [6.45, 7) is 9.37. The fourth-order valence-electron chi connectivity index (χ4n) is 2.27. The molecule has 3 nitrogen and oxygen atoms in total. The van der Waals surface area contributed by atoms with Crippen molar-refractivity contribution in [3.05, 3.63) is 0 Å². The van der Waals surface area contributed by atoms with Crippen LogP contribution in [0.5, 0.6) is 0 Å². The highest BCUT2D eigenvalue weighted by atomic mass is 15.2. The van der Waals surface area contributed by atoms with E-state index < -0.39 is 0 Å². The number of likely N-dealkylation sites (N-methyl/N-ethyl adjacent to an activating group) is 1. The van der Waals surface area contributed by atoms with Gasteiger partial charge in [-0.3, -0.25) is 0 Å². The van der Waals surface area contributed by atoms with E-state index >= 15 is 0 Å². The molecule has 0 amide bonds. The second-order valence-electron chi connectivity index (χ2n) is 5.32. The van der Waals surface area contributed by atoms with Crippen molar-refractivity contribution in [3.63, 3.8) is 0 Å². The zero-order valence-corrected chi connectivity index (χ0v) is 11.5. The average molecular weight is 227 g/mol. The van der Waals surface area contributed by atoms with Crippen molar-refractivity contribution in [3.8, 4) is 0 Å². The van der Waals surface area contributed by atoms with Gasteiger partial charge in [0.05, 0.1) is 0 Å². The molecule has 3 heteroatoms. The van der Waals surface area contributed by atoms with E-state index in [4.69, 9.17) is 0 Å². The van der Waals surface area contributed by atoms with Crippen LogP contribution >= 0.6 is 0 Å². The summed E-state index contributed by atoms with van der Waals surface area (Å²) in [6.07, 6.45) is 3.94. The normalized spacial score (nSPS) is 24.9. The average Bonchev–Trinajstić information content (AvgIpc) is 2.29. The van der Waals surface area contributed by atoms with Gasteiger partial charge in [0.2, 0.25) is 0 Å². The molecule has 0 aromatic heterocycles. The lowest BCUT2D eigenvalue weighted by Gasteiger charge is -2.36. The summed E-state index contributed by atoms with van der Waals surface area (Å²) in [5.41, 5.74) is 0. The highest BCUT2D eigenvalue weighted by Crippen LogP contribution is 2.12. The van der Waals surface area contributed by atoms with E-state index in [0.717, 1.165) is 12.6 Å². The van der Waals surface area contributed by atoms with Gasteiger partial charge >= 0.3 is 0 Å². The van der Waals surface area contributed by atoms with Gasteiger partial charge in [0.15, 0.2) is 0 Å². The van der Waals surface area contributed by atoms with Crippen LogP contribution in [-0.2, 0) is 0 Å². The van der Waals surface area contributed by atoms with E-state index in [0.29, 0.717) is 6.04 Å². The molecular weight excluding hydrogens is 198 g/mol. The SMILES string of the molecule is CCC(C)NCCN1CCCC(N(C)C)C1. The van der Waals surface area contributed by atoms with Gasteiger partial charge in [0.1, 0.15) is 0 Å². The summed E-state index contributed by atoms with van der Waals surface area (Å²) < 4.78 is 0. The maximum Gasteiger partial charge on any atom is 0.0217 e. The van der Waals surface area contributed by atoms with E-state index in [1.165, 1.54) is 38.9 Å². The Morgan fingerprint density at radius 3 is 2.81 bits per heavy atom. The second-order valence-corrected chi connectivity index (χ2v) is 5.32. The molecule has 0 saturated carbocycles. The third-order valence-corrected chi connectivity index (χ3v) is 3.74. The first-order valence-electron chi connectivity index (χ1n) is 6.75. The minimum atomic E-state index is 0.662. The number of nitrogens with zero attached hydrogens (tertiary/aromatic N) is 2. The molecule has 96 valence electrons. The third-order valence-electron chi connectivity index (χ3n) is 3.74. The van der Waals surface area contributed by atoms with Crippen LogP contribution in [0.15, 0.2) is 0 Å². The smallest absolute Gasteiger partial charge is 0.0217 e. The van der Waals surface area contributed by atoms with Crippen molar-refractivity contribution in [2.75, 3.05) is 40.3 Å².